The van der Waals surface area contributed by atoms with Crippen LogP contribution >= 0.6 is 17.2 Å². The molecule has 0 heterocycles. The van der Waals surface area contributed by atoms with Gasteiger partial charge in [-0.05, 0) is 200 Å². The molecule has 96 heavy (non-hydrogen) atoms. The molecule has 0 saturated carbocycles. The fourth-order valence-electron chi connectivity index (χ4n) is 14.1. The molecule has 0 bridgehead atoms. The van der Waals surface area contributed by atoms with Gasteiger partial charge in [0, 0.05) is 5.41 Å². The average Bonchev–Trinajstić information content (AvgIpc) is 0.744. The lowest BCUT2D eigenvalue weighted by molar-refractivity contribution is 0.324. The molecule has 0 saturated heterocycles. The standard InChI is InChI=1S/C87H152O2.H4O5P2/c1-7-11-15-19-23-27-31-35-39-43-47-51-55-59-63-67-71-81-83(73-69-65-61-57-53-49-45-41-37-33-29-25-21-17-13-9-3)86(89)84(74-70-66-62-58-54-50-46-42-38-34-30-26-22-18-14-10-4)82(85(81)87(5,6)79-75-77-80(88)78-76-79)72-68-64-60-56-52-48-44-40-36-32-28-24-20-16-12-8-2;1-6(2)5-7(3)4/h35-42,75-78,88-89H,7-34,43-74H2,1-6H3;1-4H/b39-35-,40-36-,41-37-,42-38-;. The van der Waals surface area contributed by atoms with Crippen LogP contribution in [0.3, 0.4) is 0 Å². The van der Waals surface area contributed by atoms with Crippen LogP contribution in [0.4, 0.5) is 0 Å². The van der Waals surface area contributed by atoms with Crippen molar-refractivity contribution >= 4 is 17.2 Å². The molecule has 6 N–H and O–H groups in total. The Kier molecular flexibility index (Phi) is 65.3. The normalized spacial score (nSPS) is 12.2. The molecule has 0 aliphatic carbocycles. The van der Waals surface area contributed by atoms with Crippen molar-refractivity contribution in [2.45, 2.75) is 432 Å². The Morgan fingerprint density at radius 2 is 0.479 bits per heavy atom. The van der Waals surface area contributed by atoms with Crippen LogP contribution in [-0.4, -0.2) is 29.8 Å². The second-order valence-corrected chi connectivity index (χ2v) is 30.8. The molecule has 0 aliphatic rings. The average molecular weight is 1380 g/mol. The Morgan fingerprint density at radius 3 is 0.688 bits per heavy atom. The van der Waals surface area contributed by atoms with Gasteiger partial charge in [0.25, 0.3) is 0 Å². The summed E-state index contributed by atoms with van der Waals surface area (Å²) in [6.07, 6.45) is 97.4. The molecule has 0 aliphatic heterocycles. The summed E-state index contributed by atoms with van der Waals surface area (Å²) in [7, 11) is -5.22. The molecule has 556 valence electrons. The molecular weight excluding hydrogens is 1220 g/mol. The first-order chi connectivity index (χ1) is 47.0. The minimum Gasteiger partial charge on any atom is -0.508 e. The molecule has 0 unspecified atom stereocenters. The number of phenolic OH excluding ortho intramolecular Hbond substituents is 2. The Bertz CT molecular complexity index is 2000. The Hall–Kier alpha value is -2.34. The molecule has 2 aromatic carbocycles. The van der Waals surface area contributed by atoms with Crippen molar-refractivity contribution in [3.05, 3.63) is 106 Å². The van der Waals surface area contributed by atoms with Gasteiger partial charge in [0.1, 0.15) is 11.5 Å². The van der Waals surface area contributed by atoms with Crippen LogP contribution in [0.15, 0.2) is 72.9 Å². The van der Waals surface area contributed by atoms with Crippen LogP contribution in [0.2, 0.25) is 0 Å². The van der Waals surface area contributed by atoms with Crippen molar-refractivity contribution < 1.29 is 34.1 Å². The maximum atomic E-state index is 13.1. The Morgan fingerprint density at radius 1 is 0.281 bits per heavy atom. The smallest absolute Gasteiger partial charge is 0.334 e. The van der Waals surface area contributed by atoms with E-state index < -0.39 is 17.2 Å². The van der Waals surface area contributed by atoms with E-state index in [9.17, 15) is 10.2 Å². The third-order valence-corrected chi connectivity index (χ3v) is 21.2. The first-order valence-electron chi connectivity index (χ1n) is 41.3. The number of hydrogen-bond acceptors (Lipinski definition) is 7. The van der Waals surface area contributed by atoms with E-state index in [2.05, 4.69) is 107 Å². The third kappa shape index (κ3) is 52.6. The van der Waals surface area contributed by atoms with Gasteiger partial charge < -0.3 is 29.8 Å². The summed E-state index contributed by atoms with van der Waals surface area (Å²) in [5, 5.41) is 23.7. The number of aromatic hydroxyl groups is 2. The fourth-order valence-corrected chi connectivity index (χ4v) is 14.6. The van der Waals surface area contributed by atoms with Crippen molar-refractivity contribution in [2.75, 3.05) is 0 Å². The van der Waals surface area contributed by atoms with E-state index in [1.165, 1.54) is 380 Å². The highest BCUT2D eigenvalue weighted by atomic mass is 31.2. The van der Waals surface area contributed by atoms with Gasteiger partial charge in [-0.1, -0.05) is 333 Å². The predicted octanol–water partition coefficient (Wildman–Crippen LogP) is 29.2. The third-order valence-electron chi connectivity index (χ3n) is 20.0. The summed E-state index contributed by atoms with van der Waals surface area (Å²) in [5.74, 6) is 1.01. The van der Waals surface area contributed by atoms with E-state index in [-0.39, 0.29) is 5.41 Å². The highest BCUT2D eigenvalue weighted by Gasteiger charge is 2.33. The number of phenols is 2. The van der Waals surface area contributed by atoms with E-state index in [1.54, 1.807) is 0 Å². The van der Waals surface area contributed by atoms with Gasteiger partial charge in [-0.25, -0.2) is 4.31 Å². The summed E-state index contributed by atoms with van der Waals surface area (Å²) in [6, 6.07) is 8.21. The summed E-state index contributed by atoms with van der Waals surface area (Å²) < 4.78 is 3.60. The summed E-state index contributed by atoms with van der Waals surface area (Å²) in [4.78, 5) is 31.3. The summed E-state index contributed by atoms with van der Waals surface area (Å²) in [5.41, 5.74) is 8.07. The minimum absolute atomic E-state index is 0.271. The Balaban J connectivity index is 0.00000620. The minimum atomic E-state index is -2.61. The van der Waals surface area contributed by atoms with E-state index in [0.29, 0.717) is 11.5 Å². The number of benzene rings is 2. The van der Waals surface area contributed by atoms with Gasteiger partial charge in [-0.15, -0.1) is 0 Å². The molecule has 0 fully saturated rings. The highest BCUT2D eigenvalue weighted by Crippen LogP contribution is 2.46. The molecule has 0 atom stereocenters. The number of rotatable bonds is 68. The van der Waals surface area contributed by atoms with E-state index >= 15 is 0 Å². The monoisotopic (exact) mass is 1380 g/mol. The van der Waals surface area contributed by atoms with E-state index in [0.717, 1.165) is 38.5 Å². The van der Waals surface area contributed by atoms with Crippen molar-refractivity contribution in [1.82, 2.24) is 0 Å². The van der Waals surface area contributed by atoms with Crippen LogP contribution in [0.25, 0.3) is 0 Å². The molecule has 0 aromatic heterocycles. The predicted molar refractivity (Wildman–Crippen MR) is 425 cm³/mol. The molecule has 2 rings (SSSR count). The lowest BCUT2D eigenvalue weighted by Gasteiger charge is -2.35. The molecule has 2 aromatic rings. The number of allylic oxidation sites excluding steroid dienone is 8. The van der Waals surface area contributed by atoms with Gasteiger partial charge in [0.05, 0.1) is 0 Å². The van der Waals surface area contributed by atoms with Crippen LogP contribution in [-0.2, 0) is 35.4 Å². The maximum Gasteiger partial charge on any atom is 0.334 e. The van der Waals surface area contributed by atoms with Crippen molar-refractivity contribution in [1.29, 1.82) is 0 Å². The van der Waals surface area contributed by atoms with Gasteiger partial charge in [-0.2, -0.15) is 0 Å². The molecule has 0 spiro atoms. The largest absolute Gasteiger partial charge is 0.508 e. The molecular formula is C87H156O7P2. The van der Waals surface area contributed by atoms with Crippen molar-refractivity contribution in [2.24, 2.45) is 0 Å². The quantitative estimate of drug-likeness (QED) is 0.0221. The second-order valence-electron chi connectivity index (χ2n) is 29.1. The summed E-state index contributed by atoms with van der Waals surface area (Å²) in [6.45, 7) is 14.2. The van der Waals surface area contributed by atoms with E-state index in [1.807, 2.05) is 12.1 Å². The lowest BCUT2D eigenvalue weighted by Crippen LogP contribution is -2.26. The first-order valence-corrected chi connectivity index (χ1v) is 43.6. The van der Waals surface area contributed by atoms with E-state index in [4.69, 9.17) is 19.6 Å². The maximum absolute atomic E-state index is 13.1. The molecule has 0 amide bonds. The van der Waals surface area contributed by atoms with Crippen molar-refractivity contribution in [3.8, 4) is 11.5 Å². The van der Waals surface area contributed by atoms with Gasteiger partial charge >= 0.3 is 17.2 Å². The molecule has 7 nitrogen and oxygen atoms in total. The summed E-state index contributed by atoms with van der Waals surface area (Å²) >= 11 is 0. The van der Waals surface area contributed by atoms with Crippen LogP contribution in [0.1, 0.15) is 434 Å². The highest BCUT2D eigenvalue weighted by molar-refractivity contribution is 7.53. The molecule has 0 radical (unpaired) electrons. The lowest BCUT2D eigenvalue weighted by atomic mass is 9.69. The van der Waals surface area contributed by atoms with Crippen LogP contribution < -0.4 is 0 Å². The fraction of sp³-hybridized carbons (Fsp3) is 0.770. The number of hydrogen-bond donors (Lipinski definition) is 6. The van der Waals surface area contributed by atoms with Gasteiger partial charge in [-0.3, -0.25) is 0 Å². The number of unbranched alkanes of at least 4 members (excludes halogenated alkanes) is 48. The van der Waals surface area contributed by atoms with Crippen molar-refractivity contribution in [3.63, 3.8) is 0 Å². The SMILES string of the molecule is CCCCCCCC/C=C\CCCCCCCCc1c(O)c(CCCCCCCC/C=C\CCCCCCCC)c(CCCCCCCC/C=C\CCCCCCCC)c(C(C)(C)c2ccc(O)cc2)c1CCCCCCCC/C=C\CCCCCCCC.OP(O)OP(O)O. The zero-order valence-electron chi connectivity index (χ0n) is 63.8. The van der Waals surface area contributed by atoms with Crippen LogP contribution in [0, 0.1) is 0 Å². The second kappa shape index (κ2) is 68.4. The molecule has 9 heteroatoms. The topological polar surface area (TPSA) is 131 Å². The van der Waals surface area contributed by atoms with Crippen LogP contribution in [0.5, 0.6) is 11.5 Å². The van der Waals surface area contributed by atoms with Gasteiger partial charge in [0.2, 0.25) is 0 Å². The first kappa shape index (κ1) is 91.7. The zero-order valence-corrected chi connectivity index (χ0v) is 65.6. The van der Waals surface area contributed by atoms with Gasteiger partial charge in [0.15, 0.2) is 0 Å². The Labute approximate surface area is 598 Å². The zero-order chi connectivity index (χ0) is 69.9.